The van der Waals surface area contributed by atoms with E-state index in [0.717, 1.165) is 24.0 Å². The minimum Gasteiger partial charge on any atom is -0.392 e. The molecule has 1 amide bonds. The molecule has 1 fully saturated rings. The van der Waals surface area contributed by atoms with Crippen molar-refractivity contribution in [3.8, 4) is 0 Å². The average molecular weight is 343 g/mol. The fraction of sp³-hybridized carbons (Fsp3) is 0.389. The van der Waals surface area contributed by atoms with Gasteiger partial charge in [0.05, 0.1) is 6.61 Å². The number of nitrogens with one attached hydrogen (secondary N) is 1. The molecule has 0 saturated carbocycles. The molecule has 7 nitrogen and oxygen atoms in total. The highest BCUT2D eigenvalue weighted by Crippen LogP contribution is 2.22. The van der Waals surface area contributed by atoms with Crippen LogP contribution in [0.3, 0.4) is 0 Å². The molecule has 2 heterocycles. The zero-order valence-corrected chi connectivity index (χ0v) is 14.1. The number of rotatable bonds is 4. The number of carbonyl (C=O) groups is 1. The van der Waals surface area contributed by atoms with E-state index in [2.05, 4.69) is 4.98 Å². The van der Waals surface area contributed by atoms with Gasteiger partial charge in [0, 0.05) is 26.3 Å². The quantitative estimate of drug-likeness (QED) is 0.833. The maximum absolute atomic E-state index is 12.6. The van der Waals surface area contributed by atoms with Crippen LogP contribution in [0.25, 0.3) is 0 Å². The van der Waals surface area contributed by atoms with Crippen LogP contribution in [0.4, 0.5) is 0 Å². The Morgan fingerprint density at radius 2 is 1.92 bits per heavy atom. The first kappa shape index (κ1) is 17.2. The van der Waals surface area contributed by atoms with E-state index in [0.29, 0.717) is 19.0 Å². The van der Waals surface area contributed by atoms with Crippen molar-refractivity contribution < 1.29 is 9.90 Å². The third-order valence-electron chi connectivity index (χ3n) is 4.64. The summed E-state index contributed by atoms with van der Waals surface area (Å²) < 4.78 is 1.20. The summed E-state index contributed by atoms with van der Waals surface area (Å²) in [5.74, 6) is -0.00878. The number of H-pyrrole nitrogens is 1. The highest BCUT2D eigenvalue weighted by Gasteiger charge is 2.28. The van der Waals surface area contributed by atoms with E-state index >= 15 is 0 Å². The van der Waals surface area contributed by atoms with Gasteiger partial charge in [-0.1, -0.05) is 24.3 Å². The van der Waals surface area contributed by atoms with E-state index in [1.807, 2.05) is 24.3 Å². The lowest BCUT2D eigenvalue weighted by Crippen LogP contribution is -2.37. The Labute approximate surface area is 144 Å². The monoisotopic (exact) mass is 343 g/mol. The van der Waals surface area contributed by atoms with Gasteiger partial charge < -0.3 is 14.6 Å². The van der Waals surface area contributed by atoms with Crippen LogP contribution in [0.15, 0.2) is 40.1 Å². The smallest absolute Gasteiger partial charge is 0.328 e. The van der Waals surface area contributed by atoms with E-state index in [-0.39, 0.29) is 18.1 Å². The Morgan fingerprint density at radius 1 is 1.24 bits per heavy atom. The van der Waals surface area contributed by atoms with Crippen molar-refractivity contribution in [1.29, 1.82) is 0 Å². The molecule has 0 spiro atoms. The number of benzene rings is 1. The average Bonchev–Trinajstić information content (AvgIpc) is 3.07. The number of aromatic amines is 1. The minimum absolute atomic E-state index is 0.00458. The highest BCUT2D eigenvalue weighted by atomic mass is 16.3. The second-order valence-electron chi connectivity index (χ2n) is 6.50. The Hall–Kier alpha value is -2.67. The molecule has 25 heavy (non-hydrogen) atoms. The van der Waals surface area contributed by atoms with Gasteiger partial charge in [0.1, 0.15) is 5.56 Å². The second-order valence-corrected chi connectivity index (χ2v) is 6.50. The van der Waals surface area contributed by atoms with Crippen LogP contribution < -0.4 is 11.2 Å². The van der Waals surface area contributed by atoms with Crippen molar-refractivity contribution in [2.75, 3.05) is 13.1 Å². The summed E-state index contributed by atoms with van der Waals surface area (Å²) in [4.78, 5) is 39.7. The lowest BCUT2D eigenvalue weighted by Gasteiger charge is -2.16. The number of amides is 1. The Morgan fingerprint density at radius 3 is 2.60 bits per heavy atom. The highest BCUT2D eigenvalue weighted by molar-refractivity contribution is 5.93. The molecule has 2 N–H and O–H groups in total. The molecule has 1 atom stereocenters. The van der Waals surface area contributed by atoms with E-state index < -0.39 is 11.2 Å². The van der Waals surface area contributed by atoms with Crippen molar-refractivity contribution in [2.45, 2.75) is 19.4 Å². The van der Waals surface area contributed by atoms with Crippen LogP contribution >= 0.6 is 0 Å². The summed E-state index contributed by atoms with van der Waals surface area (Å²) in [5.41, 5.74) is 0.857. The summed E-state index contributed by atoms with van der Waals surface area (Å²) in [6.45, 7) is 1.21. The SMILES string of the molecule is Cn1cc(C(=O)N2CC[C@H](Cc3ccc(CO)cc3)C2)c(=O)[nH]c1=O. The maximum atomic E-state index is 12.6. The predicted octanol–water partition coefficient (Wildman–Crippen LogP) is 0.271. The van der Waals surface area contributed by atoms with Gasteiger partial charge >= 0.3 is 5.69 Å². The van der Waals surface area contributed by atoms with Crippen molar-refractivity contribution in [1.82, 2.24) is 14.5 Å². The van der Waals surface area contributed by atoms with Gasteiger partial charge in [0.2, 0.25) is 0 Å². The Balaban J connectivity index is 1.68. The fourth-order valence-corrected chi connectivity index (χ4v) is 3.18. The molecule has 2 aromatic rings. The molecule has 3 rings (SSSR count). The van der Waals surface area contributed by atoms with Crippen LogP contribution in [-0.2, 0) is 20.1 Å². The molecule has 1 aromatic carbocycles. The third kappa shape index (κ3) is 3.71. The van der Waals surface area contributed by atoms with Gasteiger partial charge in [-0.2, -0.15) is 0 Å². The van der Waals surface area contributed by atoms with Crippen molar-refractivity contribution in [3.05, 3.63) is 68.0 Å². The molecule has 0 radical (unpaired) electrons. The topological polar surface area (TPSA) is 95.4 Å². The van der Waals surface area contributed by atoms with E-state index in [9.17, 15) is 14.4 Å². The van der Waals surface area contributed by atoms with Crippen LogP contribution in [-0.4, -0.2) is 38.6 Å². The van der Waals surface area contributed by atoms with Gasteiger partial charge in [-0.3, -0.25) is 14.6 Å². The standard InChI is InChI=1S/C18H21N3O4/c1-20-10-15(16(23)19-18(20)25)17(24)21-7-6-14(9-21)8-12-2-4-13(11-22)5-3-12/h2-5,10,14,22H,6-9,11H2,1H3,(H,19,23,25)/t14-/m1/s1. The maximum Gasteiger partial charge on any atom is 0.328 e. The normalized spacial score (nSPS) is 17.0. The molecule has 1 aliphatic rings. The summed E-state index contributed by atoms with van der Waals surface area (Å²) in [5, 5.41) is 9.08. The fourth-order valence-electron chi connectivity index (χ4n) is 3.18. The summed E-state index contributed by atoms with van der Waals surface area (Å²) in [7, 11) is 1.50. The number of hydrogen-bond acceptors (Lipinski definition) is 4. The van der Waals surface area contributed by atoms with Gasteiger partial charge in [-0.25, -0.2) is 4.79 Å². The van der Waals surface area contributed by atoms with Crippen LogP contribution in [0.2, 0.25) is 0 Å². The number of aliphatic hydroxyl groups excluding tert-OH is 1. The molecule has 0 bridgehead atoms. The Kier molecular flexibility index (Phi) is 4.85. The molecule has 1 aromatic heterocycles. The summed E-state index contributed by atoms with van der Waals surface area (Å²) in [6, 6.07) is 7.79. The van der Waals surface area contributed by atoms with Crippen molar-refractivity contribution >= 4 is 5.91 Å². The van der Waals surface area contributed by atoms with Gasteiger partial charge in [0.15, 0.2) is 0 Å². The molecular formula is C18H21N3O4. The molecule has 1 saturated heterocycles. The number of aryl methyl sites for hydroxylation is 1. The third-order valence-corrected chi connectivity index (χ3v) is 4.64. The molecule has 132 valence electrons. The van der Waals surface area contributed by atoms with E-state index in [4.69, 9.17) is 5.11 Å². The first-order valence-corrected chi connectivity index (χ1v) is 8.26. The van der Waals surface area contributed by atoms with Crippen LogP contribution in [0, 0.1) is 5.92 Å². The van der Waals surface area contributed by atoms with Crippen LogP contribution in [0.5, 0.6) is 0 Å². The molecule has 0 aliphatic carbocycles. The number of carbonyl (C=O) groups excluding carboxylic acids is 1. The number of likely N-dealkylation sites (tertiary alicyclic amines) is 1. The number of aromatic nitrogens is 2. The van der Waals surface area contributed by atoms with Crippen molar-refractivity contribution in [2.24, 2.45) is 13.0 Å². The minimum atomic E-state index is -0.642. The number of nitrogens with zero attached hydrogens (tertiary/aromatic N) is 2. The first-order valence-electron chi connectivity index (χ1n) is 8.26. The van der Waals surface area contributed by atoms with Gasteiger partial charge in [-0.05, 0) is 29.9 Å². The zero-order valence-electron chi connectivity index (χ0n) is 14.1. The molecule has 0 unspecified atom stereocenters. The van der Waals surface area contributed by atoms with Crippen molar-refractivity contribution in [3.63, 3.8) is 0 Å². The molecule has 1 aliphatic heterocycles. The first-order chi connectivity index (χ1) is 12.0. The van der Waals surface area contributed by atoms with E-state index in [1.54, 1.807) is 4.90 Å². The number of aliphatic hydroxyl groups is 1. The molecule has 7 heteroatoms. The molecular weight excluding hydrogens is 322 g/mol. The summed E-state index contributed by atoms with van der Waals surface area (Å²) in [6.07, 6.45) is 3.01. The predicted molar refractivity (Wildman–Crippen MR) is 92.4 cm³/mol. The van der Waals surface area contributed by atoms with Crippen LogP contribution in [0.1, 0.15) is 27.9 Å². The second kappa shape index (κ2) is 7.06. The Bertz CT molecular complexity index is 882. The zero-order chi connectivity index (χ0) is 18.0. The summed E-state index contributed by atoms with van der Waals surface area (Å²) >= 11 is 0. The lowest BCUT2D eigenvalue weighted by molar-refractivity contribution is 0.0784. The largest absolute Gasteiger partial charge is 0.392 e. The van der Waals surface area contributed by atoms with Gasteiger partial charge in [-0.15, -0.1) is 0 Å². The lowest BCUT2D eigenvalue weighted by atomic mass is 9.98. The number of hydrogen-bond donors (Lipinski definition) is 2. The van der Waals surface area contributed by atoms with Gasteiger partial charge in [0.25, 0.3) is 11.5 Å². The van der Waals surface area contributed by atoms with E-state index in [1.165, 1.54) is 17.8 Å².